The van der Waals surface area contributed by atoms with Gasteiger partial charge in [-0.25, -0.2) is 9.18 Å². The monoisotopic (exact) mass is 431 g/mol. The van der Waals surface area contributed by atoms with Crippen LogP contribution in [0.1, 0.15) is 16.8 Å². The standard InChI is InChI=1S/C23H22FN7O/c1-13-8-15(9-14(2)20(13)24)21-22(18(11-25)27-28-21)31-7-6-30(23(31)32)17-4-5-19-16(10-17)12-26-29(19)3/h4-10,12H,11,25H2,1-3H3,(H,27,28). The number of nitrogens with zero attached hydrogens (tertiary/aromatic N) is 5. The lowest BCUT2D eigenvalue weighted by Gasteiger charge is -2.09. The average molecular weight is 431 g/mol. The van der Waals surface area contributed by atoms with Crippen molar-refractivity contribution in [1.29, 1.82) is 0 Å². The molecular formula is C23H22FN7O. The smallest absolute Gasteiger partial charge is 0.325 e. The van der Waals surface area contributed by atoms with E-state index < -0.39 is 0 Å². The fourth-order valence-corrected chi connectivity index (χ4v) is 4.10. The second-order valence-electron chi connectivity index (χ2n) is 7.86. The van der Waals surface area contributed by atoms with Crippen LogP contribution in [0, 0.1) is 19.7 Å². The Morgan fingerprint density at radius 2 is 1.81 bits per heavy atom. The van der Waals surface area contributed by atoms with Gasteiger partial charge in [0.2, 0.25) is 0 Å². The van der Waals surface area contributed by atoms with Crippen molar-refractivity contribution in [3.8, 4) is 22.6 Å². The number of nitrogens with two attached hydrogens (primary N) is 1. The topological polar surface area (TPSA) is 99.4 Å². The molecule has 3 N–H and O–H groups in total. The molecule has 0 aliphatic heterocycles. The van der Waals surface area contributed by atoms with Crippen LogP contribution >= 0.6 is 0 Å². The van der Waals surface area contributed by atoms with E-state index in [2.05, 4.69) is 15.3 Å². The van der Waals surface area contributed by atoms with E-state index in [1.54, 1.807) is 53.8 Å². The predicted molar refractivity (Wildman–Crippen MR) is 121 cm³/mol. The molecule has 5 aromatic rings. The van der Waals surface area contributed by atoms with Crippen molar-refractivity contribution in [2.24, 2.45) is 12.8 Å². The van der Waals surface area contributed by atoms with Crippen LogP contribution in [-0.4, -0.2) is 29.1 Å². The lowest BCUT2D eigenvalue weighted by Crippen LogP contribution is -2.23. The van der Waals surface area contributed by atoms with Gasteiger partial charge in [0.15, 0.2) is 0 Å². The fourth-order valence-electron chi connectivity index (χ4n) is 4.10. The summed E-state index contributed by atoms with van der Waals surface area (Å²) in [5, 5.41) is 12.5. The van der Waals surface area contributed by atoms with Crippen molar-refractivity contribution < 1.29 is 4.39 Å². The van der Waals surface area contributed by atoms with Crippen LogP contribution in [0.5, 0.6) is 0 Å². The lowest BCUT2D eigenvalue weighted by molar-refractivity contribution is 0.609. The molecule has 5 rings (SSSR count). The third-order valence-corrected chi connectivity index (χ3v) is 5.75. The molecule has 0 saturated heterocycles. The van der Waals surface area contributed by atoms with Gasteiger partial charge in [-0.2, -0.15) is 10.2 Å². The molecule has 0 aliphatic rings. The summed E-state index contributed by atoms with van der Waals surface area (Å²) in [4.78, 5) is 13.4. The summed E-state index contributed by atoms with van der Waals surface area (Å²) in [7, 11) is 1.87. The number of aromatic nitrogens is 6. The first-order chi connectivity index (χ1) is 15.4. The van der Waals surface area contributed by atoms with Crippen LogP contribution in [0.4, 0.5) is 4.39 Å². The highest BCUT2D eigenvalue weighted by Gasteiger charge is 2.20. The van der Waals surface area contributed by atoms with E-state index in [1.807, 2.05) is 25.2 Å². The van der Waals surface area contributed by atoms with Gasteiger partial charge in [-0.3, -0.25) is 18.9 Å². The maximum absolute atomic E-state index is 14.2. The number of fused-ring (bicyclic) bond motifs is 1. The second kappa shape index (κ2) is 7.31. The molecule has 0 atom stereocenters. The quantitative estimate of drug-likeness (QED) is 0.457. The van der Waals surface area contributed by atoms with E-state index in [-0.39, 0.29) is 18.1 Å². The van der Waals surface area contributed by atoms with Gasteiger partial charge in [0.05, 0.1) is 23.1 Å². The third-order valence-electron chi connectivity index (χ3n) is 5.75. The maximum Gasteiger partial charge on any atom is 0.337 e. The number of hydrogen-bond donors (Lipinski definition) is 2. The van der Waals surface area contributed by atoms with Crippen molar-refractivity contribution in [3.63, 3.8) is 0 Å². The number of H-pyrrole nitrogens is 1. The summed E-state index contributed by atoms with van der Waals surface area (Å²) in [6.45, 7) is 3.58. The van der Waals surface area contributed by atoms with E-state index in [0.717, 1.165) is 16.6 Å². The van der Waals surface area contributed by atoms with Crippen LogP contribution in [0.2, 0.25) is 0 Å². The minimum absolute atomic E-state index is 0.167. The molecule has 0 radical (unpaired) electrons. The number of benzene rings is 2. The van der Waals surface area contributed by atoms with Gasteiger partial charge in [-0.1, -0.05) is 0 Å². The van der Waals surface area contributed by atoms with Crippen molar-refractivity contribution in [1.82, 2.24) is 29.1 Å². The Bertz CT molecular complexity index is 1510. The second-order valence-corrected chi connectivity index (χ2v) is 7.86. The molecule has 0 saturated carbocycles. The van der Waals surface area contributed by atoms with Gasteiger partial charge >= 0.3 is 5.69 Å². The van der Waals surface area contributed by atoms with Gasteiger partial charge in [-0.05, 0) is 55.3 Å². The molecule has 0 aliphatic carbocycles. The van der Waals surface area contributed by atoms with Crippen LogP contribution in [-0.2, 0) is 13.6 Å². The maximum atomic E-state index is 14.2. The van der Waals surface area contributed by atoms with Crippen LogP contribution < -0.4 is 11.4 Å². The molecule has 0 fully saturated rings. The molecule has 2 aromatic carbocycles. The van der Waals surface area contributed by atoms with Crippen molar-refractivity contribution in [3.05, 3.63) is 82.0 Å². The van der Waals surface area contributed by atoms with Crippen LogP contribution in [0.25, 0.3) is 33.5 Å². The zero-order valence-electron chi connectivity index (χ0n) is 17.9. The highest BCUT2D eigenvalue weighted by atomic mass is 19.1. The van der Waals surface area contributed by atoms with Crippen molar-refractivity contribution in [2.45, 2.75) is 20.4 Å². The molecule has 162 valence electrons. The van der Waals surface area contributed by atoms with E-state index in [4.69, 9.17) is 5.73 Å². The van der Waals surface area contributed by atoms with Crippen molar-refractivity contribution in [2.75, 3.05) is 0 Å². The number of nitrogens with one attached hydrogen (secondary N) is 1. The molecule has 0 bridgehead atoms. The van der Waals surface area contributed by atoms with Gasteiger partial charge in [-0.15, -0.1) is 0 Å². The average Bonchev–Trinajstić information content (AvgIpc) is 3.48. The SMILES string of the molecule is Cc1cc(-c2n[nH]c(CN)c2-n2ccn(-c3ccc4c(cnn4C)c3)c2=O)cc(C)c1F. The van der Waals surface area contributed by atoms with Gasteiger partial charge in [0.25, 0.3) is 0 Å². The molecule has 8 nitrogen and oxygen atoms in total. The lowest BCUT2D eigenvalue weighted by atomic mass is 10.0. The molecular weight excluding hydrogens is 409 g/mol. The summed E-state index contributed by atoms with van der Waals surface area (Å²) < 4.78 is 19.0. The minimum Gasteiger partial charge on any atom is -0.325 e. The summed E-state index contributed by atoms with van der Waals surface area (Å²) in [5.41, 5.74) is 10.8. The highest BCUT2D eigenvalue weighted by Crippen LogP contribution is 2.29. The fraction of sp³-hybridized carbons (Fsp3) is 0.174. The zero-order valence-corrected chi connectivity index (χ0v) is 17.9. The zero-order chi connectivity index (χ0) is 22.6. The summed E-state index contributed by atoms with van der Waals surface area (Å²) >= 11 is 0. The Balaban J connectivity index is 1.67. The highest BCUT2D eigenvalue weighted by molar-refractivity contribution is 5.80. The van der Waals surface area contributed by atoms with Crippen molar-refractivity contribution >= 4 is 10.9 Å². The number of imidazole rings is 1. The first-order valence-corrected chi connectivity index (χ1v) is 10.2. The first kappa shape index (κ1) is 20.0. The molecule has 0 unspecified atom stereocenters. The van der Waals surface area contributed by atoms with Gasteiger partial charge < -0.3 is 5.73 Å². The van der Waals surface area contributed by atoms with E-state index in [9.17, 15) is 9.18 Å². The molecule has 0 amide bonds. The predicted octanol–water partition coefficient (Wildman–Crippen LogP) is 3.12. The van der Waals surface area contributed by atoms with Gasteiger partial charge in [0.1, 0.15) is 17.2 Å². The molecule has 3 aromatic heterocycles. The molecule has 0 spiro atoms. The largest absolute Gasteiger partial charge is 0.337 e. The molecule has 3 heterocycles. The Hall–Kier alpha value is -3.98. The Kier molecular flexibility index (Phi) is 4.56. The summed E-state index contributed by atoms with van der Waals surface area (Å²) in [5.74, 6) is -0.251. The number of hydrogen-bond acceptors (Lipinski definition) is 4. The number of rotatable bonds is 4. The normalized spacial score (nSPS) is 11.5. The van der Waals surface area contributed by atoms with Crippen LogP contribution in [0.3, 0.4) is 0 Å². The van der Waals surface area contributed by atoms with E-state index >= 15 is 0 Å². The minimum atomic E-state index is -0.263. The summed E-state index contributed by atoms with van der Waals surface area (Å²) in [6.07, 6.45) is 5.16. The Morgan fingerprint density at radius 1 is 1.09 bits per heavy atom. The van der Waals surface area contributed by atoms with E-state index in [1.165, 1.54) is 4.57 Å². The van der Waals surface area contributed by atoms with Gasteiger partial charge in [0, 0.05) is 36.9 Å². The molecule has 9 heteroatoms. The molecule has 32 heavy (non-hydrogen) atoms. The Morgan fingerprint density at radius 3 is 2.53 bits per heavy atom. The van der Waals surface area contributed by atoms with E-state index in [0.29, 0.717) is 33.8 Å². The Labute approximate surface area is 182 Å². The first-order valence-electron chi connectivity index (χ1n) is 10.2. The summed E-state index contributed by atoms with van der Waals surface area (Å²) in [6, 6.07) is 9.17. The van der Waals surface area contributed by atoms with Crippen LogP contribution in [0.15, 0.2) is 53.7 Å². The number of aryl methyl sites for hydroxylation is 3. The number of halogens is 1. The third kappa shape index (κ3) is 2.97. The number of aromatic amines is 1.